The number of rotatable bonds is 6. The molecular weight excluding hydrogens is 530 g/mol. The second-order valence-corrected chi connectivity index (χ2v) is 11.7. The minimum atomic E-state index is -0.602. The van der Waals surface area contributed by atoms with Crippen LogP contribution in [0, 0.1) is 34.3 Å². The summed E-state index contributed by atoms with van der Waals surface area (Å²) in [5, 5.41) is 10.7. The Morgan fingerprint density at radius 3 is 2.58 bits per heavy atom. The summed E-state index contributed by atoms with van der Waals surface area (Å²) < 4.78 is 37.0. The summed E-state index contributed by atoms with van der Waals surface area (Å²) in [6.07, 6.45) is 6.08. The summed E-state index contributed by atoms with van der Waals surface area (Å²) in [4.78, 5) is 15.7. The van der Waals surface area contributed by atoms with Gasteiger partial charge in [-0.15, -0.1) is 11.3 Å². The molecule has 2 N–H and O–H groups in total. The molecule has 2 aliphatic rings. The molecule has 0 saturated carbocycles. The lowest BCUT2D eigenvalue weighted by Crippen LogP contribution is -2.57. The Bertz CT molecular complexity index is 1640. The highest BCUT2D eigenvalue weighted by Gasteiger charge is 2.43. The van der Waals surface area contributed by atoms with E-state index in [0.29, 0.717) is 22.8 Å². The van der Waals surface area contributed by atoms with Crippen molar-refractivity contribution in [2.75, 3.05) is 23.7 Å². The van der Waals surface area contributed by atoms with Crippen LogP contribution in [0.15, 0.2) is 12.4 Å². The number of fused-ring (bicyclic) bond motifs is 4. The van der Waals surface area contributed by atoms with E-state index in [2.05, 4.69) is 35.6 Å². The summed E-state index contributed by atoms with van der Waals surface area (Å²) in [5.41, 5.74) is 8.27. The molecule has 0 radical (unpaired) electrons. The maximum Gasteiger partial charge on any atom is 0.226 e. The number of pyridine rings is 1. The predicted molar refractivity (Wildman–Crippen MR) is 156 cm³/mol. The van der Waals surface area contributed by atoms with E-state index in [1.54, 1.807) is 6.20 Å². The average molecular weight is 565 g/mol. The van der Waals surface area contributed by atoms with Crippen LogP contribution < -0.4 is 10.6 Å². The SMILES string of the molecule is CC.CCC(C)CC1(CC)CN(c2ncc3c4c(c(-c5ncc(F)c6sc(N)c(C#N)c56)c(F)c3n2)COC4)C1. The minimum absolute atomic E-state index is 0.0975. The Labute approximate surface area is 237 Å². The molecule has 1 fully saturated rings. The van der Waals surface area contributed by atoms with E-state index in [4.69, 9.17) is 15.5 Å². The maximum absolute atomic E-state index is 16.5. The first-order chi connectivity index (χ1) is 19.3. The Kier molecular flexibility index (Phi) is 7.64. The van der Waals surface area contributed by atoms with Gasteiger partial charge in [0, 0.05) is 41.0 Å². The zero-order valence-corrected chi connectivity index (χ0v) is 24.4. The number of anilines is 2. The van der Waals surface area contributed by atoms with E-state index in [0.717, 1.165) is 55.4 Å². The highest BCUT2D eigenvalue weighted by molar-refractivity contribution is 7.23. The van der Waals surface area contributed by atoms with Crippen LogP contribution >= 0.6 is 11.3 Å². The first-order valence-electron chi connectivity index (χ1n) is 13.9. The number of benzene rings is 1. The number of hydrogen-bond acceptors (Lipinski definition) is 8. The van der Waals surface area contributed by atoms with Crippen LogP contribution in [-0.2, 0) is 18.0 Å². The molecular formula is C30H34F2N6OS. The van der Waals surface area contributed by atoms with Crippen molar-refractivity contribution >= 4 is 43.3 Å². The summed E-state index contributed by atoms with van der Waals surface area (Å²) in [7, 11) is 0. The molecule has 4 aromatic rings. The van der Waals surface area contributed by atoms with Crippen LogP contribution in [0.4, 0.5) is 19.7 Å². The van der Waals surface area contributed by atoms with Gasteiger partial charge in [-0.25, -0.2) is 18.7 Å². The Balaban J connectivity index is 0.00000158. The maximum atomic E-state index is 16.5. The van der Waals surface area contributed by atoms with Crippen molar-refractivity contribution in [1.82, 2.24) is 15.0 Å². The van der Waals surface area contributed by atoms with E-state index >= 15 is 4.39 Å². The van der Waals surface area contributed by atoms with E-state index < -0.39 is 11.6 Å². The number of aromatic nitrogens is 3. The van der Waals surface area contributed by atoms with Crippen LogP contribution in [0.1, 0.15) is 70.6 Å². The quantitative estimate of drug-likeness (QED) is 0.261. The molecule has 10 heteroatoms. The molecule has 0 spiro atoms. The molecule has 1 saturated heterocycles. The predicted octanol–water partition coefficient (Wildman–Crippen LogP) is 7.35. The topological polar surface area (TPSA) is 101 Å². The van der Waals surface area contributed by atoms with Crippen LogP contribution in [0.2, 0.25) is 0 Å². The average Bonchev–Trinajstić information content (AvgIpc) is 3.57. The van der Waals surface area contributed by atoms with E-state index in [9.17, 15) is 9.65 Å². The number of nitrogens with two attached hydrogens (primary N) is 1. The highest BCUT2D eigenvalue weighted by atomic mass is 32.1. The molecule has 1 unspecified atom stereocenters. The van der Waals surface area contributed by atoms with Crippen LogP contribution in [0.25, 0.3) is 32.2 Å². The molecule has 7 nitrogen and oxygen atoms in total. The second kappa shape index (κ2) is 10.9. The third-order valence-electron chi connectivity index (χ3n) is 8.30. The van der Waals surface area contributed by atoms with Crippen molar-refractivity contribution in [2.45, 2.75) is 67.1 Å². The van der Waals surface area contributed by atoms with Gasteiger partial charge in [0.25, 0.3) is 0 Å². The largest absolute Gasteiger partial charge is 0.389 e. The molecule has 5 heterocycles. The number of thiophene rings is 1. The van der Waals surface area contributed by atoms with Crippen molar-refractivity contribution in [3.63, 3.8) is 0 Å². The smallest absolute Gasteiger partial charge is 0.226 e. The zero-order valence-electron chi connectivity index (χ0n) is 23.6. The van der Waals surface area contributed by atoms with Gasteiger partial charge in [0.15, 0.2) is 11.6 Å². The fourth-order valence-electron chi connectivity index (χ4n) is 5.98. The van der Waals surface area contributed by atoms with Gasteiger partial charge >= 0.3 is 0 Å². The van der Waals surface area contributed by atoms with Crippen molar-refractivity contribution in [3.05, 3.63) is 40.7 Å². The molecule has 210 valence electrons. The highest BCUT2D eigenvalue weighted by Crippen LogP contribution is 2.46. The van der Waals surface area contributed by atoms with Crippen LogP contribution in [-0.4, -0.2) is 28.0 Å². The number of nitrogens with zero attached hydrogens (tertiary/aromatic N) is 5. The number of ether oxygens (including phenoxy) is 1. The normalized spacial score (nSPS) is 16.3. The van der Waals surface area contributed by atoms with Crippen LogP contribution in [0.3, 0.4) is 0 Å². The molecule has 1 atom stereocenters. The number of nitrogen functional groups attached to an aromatic ring is 1. The molecule has 0 amide bonds. The van der Waals surface area contributed by atoms with Crippen molar-refractivity contribution < 1.29 is 13.5 Å². The lowest BCUT2D eigenvalue weighted by atomic mass is 9.71. The summed E-state index contributed by atoms with van der Waals surface area (Å²) in [5.74, 6) is -0.0510. The fraction of sp³-hybridized carbons (Fsp3) is 0.467. The van der Waals surface area contributed by atoms with Crippen molar-refractivity contribution in [3.8, 4) is 17.3 Å². The fourth-order valence-corrected chi connectivity index (χ4v) is 6.90. The minimum Gasteiger partial charge on any atom is -0.389 e. The molecule has 40 heavy (non-hydrogen) atoms. The molecule has 0 aliphatic carbocycles. The molecule has 2 aliphatic heterocycles. The lowest BCUT2D eigenvalue weighted by molar-refractivity contribution is 0.135. The summed E-state index contributed by atoms with van der Waals surface area (Å²) in [6.45, 7) is 12.8. The van der Waals surface area contributed by atoms with Gasteiger partial charge in [0.2, 0.25) is 5.95 Å². The summed E-state index contributed by atoms with van der Waals surface area (Å²) in [6, 6.07) is 2.04. The van der Waals surface area contributed by atoms with Gasteiger partial charge in [0.1, 0.15) is 16.6 Å². The third-order valence-corrected chi connectivity index (χ3v) is 9.32. The Morgan fingerprint density at radius 2 is 1.90 bits per heavy atom. The zero-order chi connectivity index (χ0) is 28.8. The van der Waals surface area contributed by atoms with Crippen molar-refractivity contribution in [1.29, 1.82) is 5.26 Å². The lowest BCUT2D eigenvalue weighted by Gasteiger charge is -2.51. The van der Waals surface area contributed by atoms with Gasteiger partial charge in [-0.05, 0) is 29.9 Å². The van der Waals surface area contributed by atoms with E-state index in [1.807, 2.05) is 19.9 Å². The first-order valence-corrected chi connectivity index (χ1v) is 14.7. The number of nitriles is 1. The molecule has 0 bridgehead atoms. The first kappa shape index (κ1) is 28.1. The third kappa shape index (κ3) is 4.36. The number of halogens is 2. The molecule has 3 aromatic heterocycles. The van der Waals surface area contributed by atoms with E-state index in [-0.39, 0.29) is 56.1 Å². The van der Waals surface area contributed by atoms with Gasteiger partial charge in [-0.1, -0.05) is 41.0 Å². The van der Waals surface area contributed by atoms with Gasteiger partial charge in [-0.3, -0.25) is 4.98 Å². The van der Waals surface area contributed by atoms with Gasteiger partial charge in [0.05, 0.1) is 35.4 Å². The van der Waals surface area contributed by atoms with Crippen LogP contribution in [0.5, 0.6) is 0 Å². The standard InChI is InChI=1S/C28H28F2N6OS.C2H6/c1-4-14(3)6-28(5-2)12-36(13-28)27-34-8-16-17-10-37-11-18(17)20(22(30)23(16)35-27)24-21-15(7-31)26(32)38-25(21)19(29)9-33-24;1-2/h8-9,14H,4-6,10-13,32H2,1-3H3;1-2H3. The second-order valence-electron chi connectivity index (χ2n) is 10.6. The van der Waals surface area contributed by atoms with Gasteiger partial charge < -0.3 is 15.4 Å². The number of hydrogen-bond donors (Lipinski definition) is 1. The summed E-state index contributed by atoms with van der Waals surface area (Å²) >= 11 is 0.960. The molecule has 1 aromatic carbocycles. The van der Waals surface area contributed by atoms with Crippen molar-refractivity contribution in [2.24, 2.45) is 11.3 Å². The Morgan fingerprint density at radius 1 is 1.18 bits per heavy atom. The van der Waals surface area contributed by atoms with Gasteiger partial charge in [-0.2, -0.15) is 5.26 Å². The molecule has 6 rings (SSSR count). The monoisotopic (exact) mass is 564 g/mol. The van der Waals surface area contributed by atoms with E-state index in [1.165, 1.54) is 0 Å². The Hall–Kier alpha value is -3.42.